The van der Waals surface area contributed by atoms with Crippen molar-refractivity contribution < 1.29 is 24.5 Å². The molecule has 0 heterocycles. The first-order chi connectivity index (χ1) is 7.86. The molecule has 0 aromatic heterocycles. The summed E-state index contributed by atoms with van der Waals surface area (Å²) in [7, 11) is 0. The number of hydrogen-bond acceptors (Lipinski definition) is 6. The van der Waals surface area contributed by atoms with E-state index >= 15 is 0 Å². The van der Waals surface area contributed by atoms with Crippen LogP contribution < -0.4 is 0 Å². The molecular weight excluding hydrogens is 244 g/mol. The predicted molar refractivity (Wildman–Crippen MR) is 65.8 cm³/mol. The van der Waals surface area contributed by atoms with Crippen LogP contribution in [-0.4, -0.2) is 52.8 Å². The fraction of sp³-hybridized carbons (Fsp3) is 0.818. The second-order valence-electron chi connectivity index (χ2n) is 4.12. The minimum atomic E-state index is -1.16. The predicted octanol–water partition coefficient (Wildman–Crippen LogP) is 0.231. The molecule has 0 amide bonds. The van der Waals surface area contributed by atoms with E-state index in [0.717, 1.165) is 0 Å². The van der Waals surface area contributed by atoms with Gasteiger partial charge in [-0.2, -0.15) is 11.8 Å². The first kappa shape index (κ1) is 16.4. The molecule has 2 N–H and O–H groups in total. The highest BCUT2D eigenvalue weighted by atomic mass is 32.2. The third-order valence-corrected chi connectivity index (χ3v) is 3.32. The number of aliphatic hydroxyl groups is 2. The van der Waals surface area contributed by atoms with Crippen molar-refractivity contribution in [1.29, 1.82) is 0 Å². The quantitative estimate of drug-likeness (QED) is 0.482. The topological polar surface area (TPSA) is 83.8 Å². The lowest BCUT2D eigenvalue weighted by Crippen LogP contribution is -2.36. The molecule has 1 unspecified atom stereocenters. The van der Waals surface area contributed by atoms with E-state index in [2.05, 4.69) is 0 Å². The second kappa shape index (κ2) is 7.68. The van der Waals surface area contributed by atoms with E-state index in [0.29, 0.717) is 0 Å². The number of ketones is 1. The van der Waals surface area contributed by atoms with Crippen LogP contribution in [0.2, 0.25) is 0 Å². The van der Waals surface area contributed by atoms with Crippen molar-refractivity contribution in [1.82, 2.24) is 0 Å². The van der Waals surface area contributed by atoms with E-state index in [4.69, 9.17) is 14.9 Å². The summed E-state index contributed by atoms with van der Waals surface area (Å²) < 4.78 is 4.82. The molecule has 5 nitrogen and oxygen atoms in total. The molecule has 0 fully saturated rings. The van der Waals surface area contributed by atoms with Gasteiger partial charge in [-0.1, -0.05) is 0 Å². The monoisotopic (exact) mass is 264 g/mol. The van der Waals surface area contributed by atoms with Crippen LogP contribution in [0.5, 0.6) is 0 Å². The fourth-order valence-electron chi connectivity index (χ4n) is 0.946. The van der Waals surface area contributed by atoms with E-state index in [9.17, 15) is 9.59 Å². The highest BCUT2D eigenvalue weighted by molar-refractivity contribution is 8.00. The maximum Gasteiger partial charge on any atom is 0.319 e. The zero-order chi connectivity index (χ0) is 13.5. The summed E-state index contributed by atoms with van der Waals surface area (Å²) in [6.45, 7) is 4.64. The molecule has 0 spiro atoms. The molecule has 0 aromatic carbocycles. The van der Waals surface area contributed by atoms with E-state index in [1.807, 2.05) is 0 Å². The normalized spacial score (nSPS) is 13.2. The van der Waals surface area contributed by atoms with Crippen molar-refractivity contribution in [2.24, 2.45) is 5.41 Å². The highest BCUT2D eigenvalue weighted by Crippen LogP contribution is 2.21. The summed E-state index contributed by atoms with van der Waals surface area (Å²) in [5.41, 5.74) is -1.16. The van der Waals surface area contributed by atoms with E-state index < -0.39 is 17.5 Å². The number of thioether (sulfide) groups is 1. The molecule has 0 aliphatic heterocycles. The lowest BCUT2D eigenvalue weighted by atomic mass is 9.89. The Bertz CT molecular complexity index is 265. The molecule has 1 atom stereocenters. The largest absolute Gasteiger partial charge is 0.465 e. The summed E-state index contributed by atoms with van der Waals surface area (Å²) >= 11 is 1.19. The summed E-state index contributed by atoms with van der Waals surface area (Å²) in [5.74, 6) is -0.399. The Morgan fingerprint density at radius 3 is 2.47 bits per heavy atom. The smallest absolute Gasteiger partial charge is 0.319 e. The lowest BCUT2D eigenvalue weighted by molar-refractivity contribution is -0.157. The average molecular weight is 264 g/mol. The van der Waals surface area contributed by atoms with Crippen molar-refractivity contribution >= 4 is 23.5 Å². The Labute approximate surface area is 106 Å². The Hall–Kier alpha value is -0.590. The van der Waals surface area contributed by atoms with Crippen molar-refractivity contribution in [3.63, 3.8) is 0 Å². The third-order valence-electron chi connectivity index (χ3n) is 2.24. The maximum absolute atomic E-state index is 11.8. The maximum atomic E-state index is 11.8. The molecule has 0 aromatic rings. The van der Waals surface area contributed by atoms with Gasteiger partial charge in [0.1, 0.15) is 5.41 Å². The number of Topliss-reactive ketones (excluding diaryl/α,β-unsaturated/α-hetero) is 1. The fourth-order valence-corrected chi connectivity index (χ4v) is 1.99. The Morgan fingerprint density at radius 2 is 2.00 bits per heavy atom. The van der Waals surface area contributed by atoms with E-state index in [-0.39, 0.29) is 30.5 Å². The number of carbonyl (C=O) groups excluding carboxylic acids is 2. The Morgan fingerprint density at radius 1 is 1.41 bits per heavy atom. The molecule has 100 valence electrons. The van der Waals surface area contributed by atoms with Crippen LogP contribution in [-0.2, 0) is 14.3 Å². The van der Waals surface area contributed by atoms with Gasteiger partial charge in [0, 0.05) is 5.75 Å². The zero-order valence-electron chi connectivity index (χ0n) is 10.4. The minimum Gasteiger partial charge on any atom is -0.465 e. The molecule has 6 heteroatoms. The first-order valence-corrected chi connectivity index (χ1v) is 6.58. The molecular formula is C11H20O5S. The van der Waals surface area contributed by atoms with Gasteiger partial charge in [-0.15, -0.1) is 0 Å². The van der Waals surface area contributed by atoms with Gasteiger partial charge in [0.25, 0.3) is 0 Å². The third kappa shape index (κ3) is 5.52. The standard InChI is InChI=1S/C11H20O5S/c1-4-16-10(15)11(2,3)9(14)7-17-6-8(13)5-12/h8,12-13H,4-7H2,1-3H3. The van der Waals surface area contributed by atoms with Crippen LogP contribution in [0.15, 0.2) is 0 Å². The Balaban J connectivity index is 4.16. The van der Waals surface area contributed by atoms with Crippen LogP contribution >= 0.6 is 11.8 Å². The highest BCUT2D eigenvalue weighted by Gasteiger charge is 2.36. The second-order valence-corrected chi connectivity index (χ2v) is 5.15. The first-order valence-electron chi connectivity index (χ1n) is 5.43. The van der Waals surface area contributed by atoms with Crippen LogP contribution in [0.25, 0.3) is 0 Å². The van der Waals surface area contributed by atoms with Crippen molar-refractivity contribution in [2.45, 2.75) is 26.9 Å². The summed E-state index contributed by atoms with van der Waals surface area (Å²) in [6, 6.07) is 0. The van der Waals surface area contributed by atoms with Gasteiger partial charge in [0.05, 0.1) is 25.1 Å². The van der Waals surface area contributed by atoms with Crippen LogP contribution in [0.1, 0.15) is 20.8 Å². The number of rotatable bonds is 8. The molecule has 0 rings (SSSR count). The minimum absolute atomic E-state index is 0.114. The van der Waals surface area contributed by atoms with Gasteiger partial charge in [-0.05, 0) is 20.8 Å². The number of aliphatic hydroxyl groups excluding tert-OH is 2. The van der Waals surface area contributed by atoms with Gasteiger partial charge >= 0.3 is 5.97 Å². The zero-order valence-corrected chi connectivity index (χ0v) is 11.2. The molecule has 0 aliphatic rings. The van der Waals surface area contributed by atoms with Gasteiger partial charge in [-0.25, -0.2) is 0 Å². The molecule has 0 saturated heterocycles. The van der Waals surface area contributed by atoms with Crippen molar-refractivity contribution in [2.75, 3.05) is 24.7 Å². The number of ether oxygens (including phenoxy) is 1. The average Bonchev–Trinajstić information content (AvgIpc) is 2.28. The van der Waals surface area contributed by atoms with Gasteiger partial charge in [0.2, 0.25) is 0 Å². The molecule has 0 bridgehead atoms. The van der Waals surface area contributed by atoms with Gasteiger partial charge < -0.3 is 14.9 Å². The Kier molecular flexibility index (Phi) is 7.41. The SMILES string of the molecule is CCOC(=O)C(C)(C)C(=O)CSCC(O)CO. The molecule has 0 aliphatic carbocycles. The number of esters is 1. The molecule has 0 radical (unpaired) electrons. The number of carbonyl (C=O) groups is 2. The summed E-state index contributed by atoms with van der Waals surface area (Å²) in [6.07, 6.45) is -0.835. The lowest BCUT2D eigenvalue weighted by Gasteiger charge is -2.20. The van der Waals surface area contributed by atoms with Crippen LogP contribution in [0.4, 0.5) is 0 Å². The molecule has 0 saturated carbocycles. The van der Waals surface area contributed by atoms with Crippen molar-refractivity contribution in [3.8, 4) is 0 Å². The molecule has 17 heavy (non-hydrogen) atoms. The van der Waals surface area contributed by atoms with Crippen LogP contribution in [0.3, 0.4) is 0 Å². The van der Waals surface area contributed by atoms with Gasteiger partial charge in [0.15, 0.2) is 5.78 Å². The van der Waals surface area contributed by atoms with E-state index in [1.54, 1.807) is 6.92 Å². The van der Waals surface area contributed by atoms with Gasteiger partial charge in [-0.3, -0.25) is 9.59 Å². The summed E-state index contributed by atoms with van der Waals surface area (Å²) in [4.78, 5) is 23.3. The summed E-state index contributed by atoms with van der Waals surface area (Å²) in [5, 5.41) is 17.7. The van der Waals surface area contributed by atoms with Crippen molar-refractivity contribution in [3.05, 3.63) is 0 Å². The van der Waals surface area contributed by atoms with Crippen LogP contribution in [0, 0.1) is 5.41 Å². The van der Waals surface area contributed by atoms with E-state index in [1.165, 1.54) is 25.6 Å². The number of hydrogen-bond donors (Lipinski definition) is 2.